The summed E-state index contributed by atoms with van der Waals surface area (Å²) < 4.78 is 5.09. The zero-order valence-corrected chi connectivity index (χ0v) is 10.6. The number of rotatable bonds is 3. The van der Waals surface area contributed by atoms with E-state index >= 15 is 0 Å². The Morgan fingerprint density at radius 3 is 2.76 bits per heavy atom. The first kappa shape index (κ1) is 12.7. The molecule has 0 spiro atoms. The predicted molar refractivity (Wildman–Crippen MR) is 74.0 cm³/mol. The third-order valence-corrected chi connectivity index (χ3v) is 2.81. The van der Waals surface area contributed by atoms with Crippen LogP contribution in [-0.2, 0) is 0 Å². The van der Waals surface area contributed by atoms with Gasteiger partial charge in [-0.25, -0.2) is 4.98 Å². The van der Waals surface area contributed by atoms with Crippen LogP contribution in [0.4, 0.5) is 11.4 Å². The van der Waals surface area contributed by atoms with Crippen molar-refractivity contribution in [2.45, 2.75) is 0 Å². The number of nitrogens with zero attached hydrogens (tertiary/aromatic N) is 4. The van der Waals surface area contributed by atoms with Gasteiger partial charge in [0.05, 0.1) is 10.6 Å². The van der Waals surface area contributed by atoms with Crippen LogP contribution >= 0.6 is 0 Å². The lowest BCUT2D eigenvalue weighted by Gasteiger charge is -1.97. The molecule has 21 heavy (non-hydrogen) atoms. The molecule has 0 radical (unpaired) electrons. The Morgan fingerprint density at radius 1 is 1.19 bits per heavy atom. The Bertz CT molecular complexity index is 815. The first-order valence-electron chi connectivity index (χ1n) is 5.95. The summed E-state index contributed by atoms with van der Waals surface area (Å²) in [6.07, 6.45) is 1.54. The standard InChI is InChI=1S/C13H9N5O3/c14-9-5-3-7-15-11(9)13-16-12(17-21-13)8-4-1-2-6-10(8)18(19)20/h1-7H,14H2. The van der Waals surface area contributed by atoms with E-state index in [9.17, 15) is 10.1 Å². The molecule has 3 rings (SSSR count). The van der Waals surface area contributed by atoms with Crippen molar-refractivity contribution >= 4 is 11.4 Å². The molecule has 0 fully saturated rings. The number of aromatic nitrogens is 3. The van der Waals surface area contributed by atoms with Crippen LogP contribution in [0.2, 0.25) is 0 Å². The van der Waals surface area contributed by atoms with Crippen LogP contribution in [0.5, 0.6) is 0 Å². The van der Waals surface area contributed by atoms with Crippen molar-refractivity contribution in [1.29, 1.82) is 0 Å². The lowest BCUT2D eigenvalue weighted by Crippen LogP contribution is -1.94. The molecule has 0 aliphatic heterocycles. The Labute approximate surface area is 118 Å². The summed E-state index contributed by atoms with van der Waals surface area (Å²) in [6, 6.07) is 9.48. The van der Waals surface area contributed by atoms with Crippen LogP contribution in [0.25, 0.3) is 23.0 Å². The molecule has 8 nitrogen and oxygen atoms in total. The van der Waals surface area contributed by atoms with E-state index < -0.39 is 4.92 Å². The van der Waals surface area contributed by atoms with E-state index in [1.165, 1.54) is 6.07 Å². The second kappa shape index (κ2) is 5.00. The fraction of sp³-hybridized carbons (Fsp3) is 0. The molecule has 0 amide bonds. The van der Waals surface area contributed by atoms with Crippen LogP contribution in [-0.4, -0.2) is 20.0 Å². The zero-order valence-electron chi connectivity index (χ0n) is 10.6. The molecule has 0 saturated heterocycles. The molecule has 0 aliphatic carbocycles. The second-order valence-corrected chi connectivity index (χ2v) is 4.14. The Morgan fingerprint density at radius 2 is 2.00 bits per heavy atom. The SMILES string of the molecule is Nc1cccnc1-c1nc(-c2ccccc2[N+](=O)[O-])no1. The van der Waals surface area contributed by atoms with Crippen molar-refractivity contribution < 1.29 is 9.45 Å². The highest BCUT2D eigenvalue weighted by atomic mass is 16.6. The van der Waals surface area contributed by atoms with Gasteiger partial charge in [-0.3, -0.25) is 10.1 Å². The van der Waals surface area contributed by atoms with Crippen molar-refractivity contribution in [3.8, 4) is 23.0 Å². The molecular formula is C13H9N5O3. The van der Waals surface area contributed by atoms with E-state index in [-0.39, 0.29) is 23.0 Å². The number of nitrogens with two attached hydrogens (primary N) is 1. The smallest absolute Gasteiger partial charge is 0.280 e. The molecule has 3 aromatic rings. The van der Waals surface area contributed by atoms with Gasteiger partial charge in [0.25, 0.3) is 11.6 Å². The van der Waals surface area contributed by atoms with Crippen LogP contribution in [0.3, 0.4) is 0 Å². The largest absolute Gasteiger partial charge is 0.397 e. The lowest BCUT2D eigenvalue weighted by molar-refractivity contribution is -0.384. The van der Waals surface area contributed by atoms with Crippen LogP contribution in [0.1, 0.15) is 0 Å². The van der Waals surface area contributed by atoms with Crippen molar-refractivity contribution in [3.05, 3.63) is 52.7 Å². The summed E-state index contributed by atoms with van der Waals surface area (Å²) in [7, 11) is 0. The molecule has 8 heteroatoms. The zero-order chi connectivity index (χ0) is 14.8. The number of pyridine rings is 1. The van der Waals surface area contributed by atoms with Crippen LogP contribution < -0.4 is 5.73 Å². The quantitative estimate of drug-likeness (QED) is 0.578. The van der Waals surface area contributed by atoms with Gasteiger partial charge in [-0.15, -0.1) is 0 Å². The topological polar surface area (TPSA) is 121 Å². The minimum atomic E-state index is -0.500. The Hall–Kier alpha value is -3.29. The fourth-order valence-electron chi connectivity index (χ4n) is 1.85. The molecule has 0 atom stereocenters. The molecule has 0 saturated carbocycles. The van der Waals surface area contributed by atoms with E-state index in [4.69, 9.17) is 10.3 Å². The summed E-state index contributed by atoms with van der Waals surface area (Å²) >= 11 is 0. The number of nitro groups is 1. The summed E-state index contributed by atoms with van der Waals surface area (Å²) in [6.45, 7) is 0. The molecule has 0 bridgehead atoms. The molecule has 1 aromatic carbocycles. The van der Waals surface area contributed by atoms with Crippen molar-refractivity contribution in [3.63, 3.8) is 0 Å². The summed E-state index contributed by atoms with van der Waals surface area (Å²) in [4.78, 5) is 18.7. The number of nitrogen functional groups attached to an aromatic ring is 1. The van der Waals surface area contributed by atoms with E-state index in [0.29, 0.717) is 11.4 Å². The number of para-hydroxylation sites is 1. The normalized spacial score (nSPS) is 10.5. The average Bonchev–Trinajstić information content (AvgIpc) is 2.97. The highest BCUT2D eigenvalue weighted by Crippen LogP contribution is 2.29. The van der Waals surface area contributed by atoms with Gasteiger partial charge in [0.2, 0.25) is 5.82 Å². The van der Waals surface area contributed by atoms with E-state index in [0.717, 1.165) is 0 Å². The summed E-state index contributed by atoms with van der Waals surface area (Å²) in [5.74, 6) is 0.226. The maximum Gasteiger partial charge on any atom is 0.280 e. The van der Waals surface area contributed by atoms with Gasteiger partial charge >= 0.3 is 0 Å². The number of hydrogen-bond donors (Lipinski definition) is 1. The molecule has 2 N–H and O–H groups in total. The van der Waals surface area contributed by atoms with Gasteiger partial charge in [0.1, 0.15) is 5.56 Å². The summed E-state index contributed by atoms with van der Waals surface area (Å²) in [5, 5.41) is 14.8. The minimum absolute atomic E-state index is 0.0983. The van der Waals surface area contributed by atoms with Gasteiger partial charge in [-0.05, 0) is 18.2 Å². The average molecular weight is 283 g/mol. The maximum absolute atomic E-state index is 11.0. The Kier molecular flexibility index (Phi) is 3.03. The summed E-state index contributed by atoms with van der Waals surface area (Å²) in [5.41, 5.74) is 6.68. The van der Waals surface area contributed by atoms with E-state index in [2.05, 4.69) is 15.1 Å². The molecular weight excluding hydrogens is 274 g/mol. The lowest BCUT2D eigenvalue weighted by atomic mass is 10.2. The van der Waals surface area contributed by atoms with Gasteiger partial charge in [0, 0.05) is 12.3 Å². The fourth-order valence-corrected chi connectivity index (χ4v) is 1.85. The third kappa shape index (κ3) is 2.29. The van der Waals surface area contributed by atoms with Gasteiger partial charge in [-0.2, -0.15) is 4.98 Å². The van der Waals surface area contributed by atoms with Crippen LogP contribution in [0.15, 0.2) is 47.1 Å². The molecule has 0 unspecified atom stereocenters. The predicted octanol–water partition coefficient (Wildman–Crippen LogP) is 2.29. The minimum Gasteiger partial charge on any atom is -0.397 e. The van der Waals surface area contributed by atoms with Gasteiger partial charge in [0.15, 0.2) is 5.69 Å². The van der Waals surface area contributed by atoms with E-state index in [1.807, 2.05) is 0 Å². The monoisotopic (exact) mass is 283 g/mol. The van der Waals surface area contributed by atoms with Gasteiger partial charge in [-0.1, -0.05) is 17.3 Å². The van der Waals surface area contributed by atoms with E-state index in [1.54, 1.807) is 36.5 Å². The molecule has 104 valence electrons. The number of nitro benzene ring substituents is 1. The maximum atomic E-state index is 11.0. The van der Waals surface area contributed by atoms with Gasteiger partial charge < -0.3 is 10.3 Å². The third-order valence-electron chi connectivity index (χ3n) is 2.81. The molecule has 0 aliphatic rings. The number of anilines is 1. The first-order chi connectivity index (χ1) is 10.2. The number of benzene rings is 1. The highest BCUT2D eigenvalue weighted by Gasteiger charge is 2.20. The van der Waals surface area contributed by atoms with Crippen molar-refractivity contribution in [2.24, 2.45) is 0 Å². The van der Waals surface area contributed by atoms with Crippen molar-refractivity contribution in [1.82, 2.24) is 15.1 Å². The van der Waals surface area contributed by atoms with Crippen LogP contribution in [0, 0.1) is 10.1 Å². The first-order valence-corrected chi connectivity index (χ1v) is 5.95. The number of hydrogen-bond acceptors (Lipinski definition) is 7. The second-order valence-electron chi connectivity index (χ2n) is 4.14. The molecule has 2 aromatic heterocycles. The van der Waals surface area contributed by atoms with Crippen molar-refractivity contribution in [2.75, 3.05) is 5.73 Å². The molecule has 2 heterocycles. The highest BCUT2D eigenvalue weighted by molar-refractivity contribution is 5.71. The Balaban J connectivity index is 2.08.